The first-order valence-electron chi connectivity index (χ1n) is 29.0. The molecule has 7 aliphatic rings. The van der Waals surface area contributed by atoms with Gasteiger partial charge in [-0.05, 0) is 144 Å². The Morgan fingerprint density at radius 3 is 2.45 bits per heavy atom. The second-order valence-corrected chi connectivity index (χ2v) is 26.1. The van der Waals surface area contributed by atoms with Crippen molar-refractivity contribution in [2.24, 2.45) is 22.7 Å². The van der Waals surface area contributed by atoms with Crippen LogP contribution >= 0.6 is 11.3 Å². The topological polar surface area (TPSA) is 67.5 Å². The smallest absolute Gasteiger partial charge is 0.379 e. The van der Waals surface area contributed by atoms with E-state index in [2.05, 4.69) is 81.4 Å². The van der Waals surface area contributed by atoms with Crippen molar-refractivity contribution in [2.45, 2.75) is 179 Å². The van der Waals surface area contributed by atoms with Gasteiger partial charge in [0, 0.05) is 114 Å². The summed E-state index contributed by atoms with van der Waals surface area (Å²) >= 11 is 1.63. The van der Waals surface area contributed by atoms with E-state index >= 15 is 0 Å². The normalized spacial score (nSPS) is 23.9. The number of pyridine rings is 1. The van der Waals surface area contributed by atoms with Crippen LogP contribution in [0.15, 0.2) is 79.1 Å². The first-order chi connectivity index (χ1) is 36.4. The highest BCUT2D eigenvalue weighted by Crippen LogP contribution is 2.52. The number of halogens is 3. The van der Waals surface area contributed by atoms with Gasteiger partial charge < -0.3 is 19.8 Å². The standard InChI is InChI=1S/C53H71F3N8S.C10H15N/c1-9-10-22-51(6,7)30-43-42-28-40(20-21-46(42)63(35-53(54,55)56)50(43)41-19-15-24-57-48(41)36(2)3)45-31-65-47(60-45)29-44(38(5)64-27-14-13-25-58-64)59-37(4)49(39-17-11-12-18-39)62-26-16-23-52(34-62)32-61(8)33-52;1-2-9-10(7-3-4-7)11(9)8-5-6-8/h1,15,19-21,24,28,31,36,39,44,49,58-59H,4-5,10-14,16-18,22-23,25-27,29-30,32-35H2,2-3,6-8H3;2,7-10H,1,3-6H2. The SMILES string of the molecule is C#CCCC(C)(C)Cc1c(-c2cccnc2C(C)C)n(CC(F)(F)F)c2ccc(-c3csc(CC(NC(=C)C(C4CCCC4)N4CCCC5(CN(C)C5)C4)C(=C)N4CCCCN4)n3)cc12.C=CC1C(C2CC2)N1C1CC1. The van der Waals surface area contributed by atoms with Crippen LogP contribution in [0.1, 0.15) is 140 Å². The molecule has 5 unspecified atom stereocenters. The average Bonchev–Trinajstić information content (AvgIpc) is 4.45. The van der Waals surface area contributed by atoms with Crippen LogP contribution in [-0.4, -0.2) is 117 Å². The Hall–Kier alpha value is -4.45. The number of nitrogens with zero attached hydrogens (tertiary/aromatic N) is 7. The molecule has 4 saturated heterocycles. The van der Waals surface area contributed by atoms with Gasteiger partial charge in [0.1, 0.15) is 6.54 Å². The van der Waals surface area contributed by atoms with Gasteiger partial charge in [0.05, 0.1) is 34.2 Å². The fraction of sp³-hybridized carbons (Fsp3) is 0.619. The summed E-state index contributed by atoms with van der Waals surface area (Å²) in [5, 5.41) is 10.1. The van der Waals surface area contributed by atoms with E-state index < -0.39 is 12.7 Å². The number of hydrazine groups is 1. The number of nitrogens with one attached hydrogen (secondary N) is 2. The van der Waals surface area contributed by atoms with Gasteiger partial charge in [-0.3, -0.25) is 14.8 Å². The maximum Gasteiger partial charge on any atom is 0.406 e. The molecule has 0 radical (unpaired) electrons. The summed E-state index contributed by atoms with van der Waals surface area (Å²) in [5.41, 5.74) is 11.0. The zero-order valence-corrected chi connectivity index (χ0v) is 47.2. The van der Waals surface area contributed by atoms with E-state index in [1.165, 1.54) is 81.9 Å². The van der Waals surface area contributed by atoms with Crippen molar-refractivity contribution < 1.29 is 13.2 Å². The van der Waals surface area contributed by atoms with Crippen molar-refractivity contribution >= 4 is 22.2 Å². The molecular weight excluding hydrogens is 972 g/mol. The predicted molar refractivity (Wildman–Crippen MR) is 307 cm³/mol. The fourth-order valence-electron chi connectivity index (χ4n) is 14.1. The second-order valence-electron chi connectivity index (χ2n) is 25.2. The van der Waals surface area contributed by atoms with Gasteiger partial charge in [0.15, 0.2) is 0 Å². The van der Waals surface area contributed by atoms with Crippen molar-refractivity contribution in [1.82, 2.24) is 45.0 Å². The average molecular weight is 1060 g/mol. The Balaban J connectivity index is 0.000000521. The lowest BCUT2D eigenvalue weighted by atomic mass is 9.72. The van der Waals surface area contributed by atoms with E-state index in [-0.39, 0.29) is 23.4 Å². The Morgan fingerprint density at radius 2 is 1.79 bits per heavy atom. The van der Waals surface area contributed by atoms with Crippen LogP contribution in [0.25, 0.3) is 33.4 Å². The number of hydrogen-bond donors (Lipinski definition) is 2. The maximum atomic E-state index is 14.6. The Kier molecular flexibility index (Phi) is 16.4. The lowest BCUT2D eigenvalue weighted by Crippen LogP contribution is -2.63. The molecule has 76 heavy (non-hydrogen) atoms. The number of fused-ring (bicyclic) bond motifs is 1. The summed E-state index contributed by atoms with van der Waals surface area (Å²) in [6, 6.07) is 12.4. The van der Waals surface area contributed by atoms with Crippen molar-refractivity contribution in [1.29, 1.82) is 0 Å². The van der Waals surface area contributed by atoms with Crippen molar-refractivity contribution in [2.75, 3.05) is 46.3 Å². The van der Waals surface area contributed by atoms with Crippen LogP contribution in [-0.2, 0) is 19.4 Å². The van der Waals surface area contributed by atoms with E-state index in [1.54, 1.807) is 17.5 Å². The number of benzene rings is 1. The molecule has 7 fully saturated rings. The zero-order chi connectivity index (χ0) is 53.5. The molecule has 11 rings (SSSR count). The van der Waals surface area contributed by atoms with Crippen LogP contribution in [0.3, 0.4) is 0 Å². The summed E-state index contributed by atoms with van der Waals surface area (Å²) in [6.07, 6.45) is 23.4. The summed E-state index contributed by atoms with van der Waals surface area (Å²) < 4.78 is 45.4. The van der Waals surface area contributed by atoms with Gasteiger partial charge in [0.25, 0.3) is 0 Å². The molecular formula is C63H86F3N9S. The van der Waals surface area contributed by atoms with E-state index in [9.17, 15) is 13.2 Å². The molecule has 3 saturated carbocycles. The van der Waals surface area contributed by atoms with E-state index in [0.717, 1.165) is 119 Å². The summed E-state index contributed by atoms with van der Waals surface area (Å²) in [7, 11) is 2.24. The summed E-state index contributed by atoms with van der Waals surface area (Å²) in [6.45, 7) is 27.1. The lowest BCUT2D eigenvalue weighted by Gasteiger charge is -2.55. The third kappa shape index (κ3) is 12.4. The Labute approximate surface area is 456 Å². The van der Waals surface area contributed by atoms with E-state index in [0.29, 0.717) is 41.8 Å². The number of thiazole rings is 1. The summed E-state index contributed by atoms with van der Waals surface area (Å²) in [5.74, 6) is 4.43. The number of piperidine rings is 1. The molecule has 2 N–H and O–H groups in total. The molecule has 4 aromatic rings. The molecule has 1 spiro atoms. The van der Waals surface area contributed by atoms with Gasteiger partial charge in [-0.25, -0.2) is 10.4 Å². The lowest BCUT2D eigenvalue weighted by molar-refractivity contribution is -0.139. The summed E-state index contributed by atoms with van der Waals surface area (Å²) in [4.78, 5) is 17.9. The number of likely N-dealkylation sites (tertiary alicyclic amines) is 2. The minimum atomic E-state index is -4.44. The highest BCUT2D eigenvalue weighted by Gasteiger charge is 2.58. The molecule has 9 nitrogen and oxygen atoms in total. The number of aromatic nitrogens is 3. The highest BCUT2D eigenvalue weighted by atomic mass is 32.1. The number of alkyl halides is 3. The third-order valence-electron chi connectivity index (χ3n) is 18.0. The van der Waals surface area contributed by atoms with Crippen LogP contribution in [0.2, 0.25) is 0 Å². The molecule has 4 aliphatic heterocycles. The van der Waals surface area contributed by atoms with Crippen molar-refractivity contribution in [3.63, 3.8) is 0 Å². The number of hydrogen-bond acceptors (Lipinski definition) is 9. The van der Waals surface area contributed by atoms with Gasteiger partial charge in [-0.1, -0.05) is 65.8 Å². The van der Waals surface area contributed by atoms with Crippen LogP contribution in [0, 0.1) is 35.0 Å². The monoisotopic (exact) mass is 1060 g/mol. The maximum absolute atomic E-state index is 14.6. The molecule has 3 aliphatic carbocycles. The molecule has 13 heteroatoms. The molecule has 7 heterocycles. The molecule has 0 bridgehead atoms. The van der Waals surface area contributed by atoms with E-state index in [4.69, 9.17) is 29.5 Å². The minimum Gasteiger partial charge on any atom is -0.379 e. The van der Waals surface area contributed by atoms with Crippen LogP contribution in [0.4, 0.5) is 13.2 Å². The van der Waals surface area contributed by atoms with Crippen LogP contribution < -0.4 is 10.7 Å². The molecule has 410 valence electrons. The fourth-order valence-corrected chi connectivity index (χ4v) is 15.0. The zero-order valence-electron chi connectivity index (χ0n) is 46.4. The first-order valence-corrected chi connectivity index (χ1v) is 29.9. The van der Waals surface area contributed by atoms with E-state index in [1.807, 2.05) is 38.1 Å². The number of rotatable bonds is 20. The Morgan fingerprint density at radius 1 is 1.01 bits per heavy atom. The van der Waals surface area contributed by atoms with Crippen LogP contribution in [0.5, 0.6) is 0 Å². The Bertz CT molecular complexity index is 2710. The van der Waals surface area contributed by atoms with Crippen molar-refractivity contribution in [3.05, 3.63) is 95.4 Å². The van der Waals surface area contributed by atoms with Gasteiger partial charge >= 0.3 is 6.18 Å². The highest BCUT2D eigenvalue weighted by molar-refractivity contribution is 7.10. The second kappa shape index (κ2) is 22.7. The van der Waals surface area contributed by atoms with Gasteiger partial charge in [-0.2, -0.15) is 13.2 Å². The molecule has 0 amide bonds. The van der Waals surface area contributed by atoms with Gasteiger partial charge in [-0.15, -0.1) is 30.3 Å². The predicted octanol–water partition coefficient (Wildman–Crippen LogP) is 13.0. The number of terminal acetylenes is 1. The van der Waals surface area contributed by atoms with Gasteiger partial charge in [0.2, 0.25) is 0 Å². The van der Waals surface area contributed by atoms with Crippen molar-refractivity contribution in [3.8, 4) is 34.9 Å². The molecule has 5 atom stereocenters. The molecule has 1 aromatic carbocycles. The largest absolute Gasteiger partial charge is 0.406 e. The quantitative estimate of drug-likeness (QED) is 0.0516. The third-order valence-corrected chi connectivity index (χ3v) is 18.8. The minimum absolute atomic E-state index is 0.00666. The molecule has 3 aromatic heterocycles. The first kappa shape index (κ1) is 54.9.